The van der Waals surface area contributed by atoms with Gasteiger partial charge in [-0.05, 0) is 28.7 Å². The van der Waals surface area contributed by atoms with Gasteiger partial charge in [-0.25, -0.2) is 0 Å². The van der Waals surface area contributed by atoms with Crippen molar-refractivity contribution in [2.75, 3.05) is 0 Å². The maximum Gasteiger partial charge on any atom is 0.193 e. The summed E-state index contributed by atoms with van der Waals surface area (Å²) >= 11 is 0. The van der Waals surface area contributed by atoms with Gasteiger partial charge in [-0.3, -0.25) is 0 Å². The smallest absolute Gasteiger partial charge is 0.193 e. The van der Waals surface area contributed by atoms with Gasteiger partial charge in [-0.1, -0.05) is 84.6 Å². The number of aromatic amines is 1. The molecule has 3 aromatic carbocycles. The highest BCUT2D eigenvalue weighted by atomic mass is 14.7. The van der Waals surface area contributed by atoms with Gasteiger partial charge in [-0.15, -0.1) is 0 Å². The second-order valence-electron chi connectivity index (χ2n) is 7.35. The molecule has 0 saturated carbocycles. The van der Waals surface area contributed by atoms with Crippen molar-refractivity contribution in [2.45, 2.75) is 6.92 Å². The molecule has 2 heterocycles. The Balaban J connectivity index is 1.87. The lowest BCUT2D eigenvalue weighted by Crippen LogP contribution is -2.23. The molecule has 1 atom stereocenters. The van der Waals surface area contributed by atoms with Crippen LogP contribution in [0.5, 0.6) is 0 Å². The first-order chi connectivity index (χ1) is 12.8. The molecular formula is C24H17BN. The van der Waals surface area contributed by atoms with Gasteiger partial charge < -0.3 is 4.98 Å². The minimum atomic E-state index is 0.446. The van der Waals surface area contributed by atoms with Crippen molar-refractivity contribution in [2.24, 2.45) is 5.92 Å². The van der Waals surface area contributed by atoms with Crippen LogP contribution in [0.15, 0.2) is 60.7 Å². The molecule has 121 valence electrons. The van der Waals surface area contributed by atoms with E-state index in [1.54, 1.807) is 0 Å². The summed E-state index contributed by atoms with van der Waals surface area (Å²) in [6.07, 6.45) is 9.25. The Hall–Kier alpha value is -3.00. The van der Waals surface area contributed by atoms with E-state index in [1.807, 2.05) is 0 Å². The molecular weight excluding hydrogens is 313 g/mol. The maximum absolute atomic E-state index is 3.72. The number of fused-ring (bicyclic) bond motifs is 10. The highest BCUT2D eigenvalue weighted by Crippen LogP contribution is 2.39. The normalized spacial score (nSPS) is 17.0. The summed E-state index contributed by atoms with van der Waals surface area (Å²) in [4.78, 5) is 3.72. The third-order valence-corrected chi connectivity index (χ3v) is 5.74. The highest BCUT2D eigenvalue weighted by Gasteiger charge is 2.28. The van der Waals surface area contributed by atoms with E-state index in [2.05, 4.69) is 92.0 Å². The summed E-state index contributed by atoms with van der Waals surface area (Å²) in [6, 6.07) is 17.4. The number of allylic oxidation sites excluding steroid dienone is 2. The van der Waals surface area contributed by atoms with Crippen LogP contribution in [0.3, 0.4) is 0 Å². The van der Waals surface area contributed by atoms with Crippen LogP contribution in [0.1, 0.15) is 18.1 Å². The van der Waals surface area contributed by atoms with Gasteiger partial charge in [0.15, 0.2) is 7.28 Å². The van der Waals surface area contributed by atoms with Crippen LogP contribution in [-0.4, -0.2) is 12.3 Å². The SMILES string of the molecule is CC1C=Cc2c3c(c4[nH]c5ccccc5c4c2C=C1)-c1ccccc1[B]3. The lowest BCUT2D eigenvalue weighted by Gasteiger charge is -2.12. The standard InChI is InChI=1S/C24H17BN/c1-14-10-12-15-16(13-11-14)23-22(17-6-2-4-8-19(17)25-23)24-21(15)18-7-3-5-9-20(18)26-24/h2-14,26H,1H3. The molecule has 0 bridgehead atoms. The summed E-state index contributed by atoms with van der Waals surface area (Å²) in [6.45, 7) is 2.24. The van der Waals surface area contributed by atoms with Gasteiger partial charge in [0.05, 0.1) is 5.52 Å². The first-order valence-electron chi connectivity index (χ1n) is 9.22. The van der Waals surface area contributed by atoms with E-state index in [0.29, 0.717) is 5.92 Å². The van der Waals surface area contributed by atoms with Crippen LogP contribution in [0, 0.1) is 5.92 Å². The molecule has 6 rings (SSSR count). The summed E-state index contributed by atoms with van der Waals surface area (Å²) in [5, 5.41) is 2.65. The topological polar surface area (TPSA) is 15.8 Å². The largest absolute Gasteiger partial charge is 0.354 e. The molecule has 0 fully saturated rings. The molecule has 26 heavy (non-hydrogen) atoms. The van der Waals surface area contributed by atoms with E-state index in [0.717, 1.165) is 0 Å². The summed E-state index contributed by atoms with van der Waals surface area (Å²) in [7, 11) is 2.35. The third-order valence-electron chi connectivity index (χ3n) is 5.74. The maximum atomic E-state index is 3.72. The molecule has 1 radical (unpaired) electrons. The third kappa shape index (κ3) is 1.77. The second kappa shape index (κ2) is 5.01. The van der Waals surface area contributed by atoms with Crippen molar-refractivity contribution in [3.8, 4) is 11.1 Å². The lowest BCUT2D eigenvalue weighted by atomic mass is 9.65. The van der Waals surface area contributed by atoms with E-state index < -0.39 is 0 Å². The molecule has 1 nitrogen and oxygen atoms in total. The summed E-state index contributed by atoms with van der Waals surface area (Å²) in [5.41, 5.74) is 10.5. The summed E-state index contributed by atoms with van der Waals surface area (Å²) in [5.74, 6) is 0.446. The van der Waals surface area contributed by atoms with Crippen LogP contribution < -0.4 is 10.9 Å². The highest BCUT2D eigenvalue weighted by molar-refractivity contribution is 6.75. The molecule has 1 aliphatic carbocycles. The molecule has 0 spiro atoms. The number of hydrogen-bond donors (Lipinski definition) is 1. The van der Waals surface area contributed by atoms with Crippen molar-refractivity contribution in [1.29, 1.82) is 0 Å². The molecule has 1 aromatic heterocycles. The fourth-order valence-electron chi connectivity index (χ4n) is 4.51. The molecule has 1 unspecified atom stereocenters. The number of H-pyrrole nitrogens is 1. The summed E-state index contributed by atoms with van der Waals surface area (Å²) < 4.78 is 0. The van der Waals surface area contributed by atoms with Crippen molar-refractivity contribution >= 4 is 52.2 Å². The number of rotatable bonds is 0. The van der Waals surface area contributed by atoms with Gasteiger partial charge in [-0.2, -0.15) is 0 Å². The van der Waals surface area contributed by atoms with Crippen molar-refractivity contribution in [3.63, 3.8) is 0 Å². The zero-order valence-corrected chi connectivity index (χ0v) is 14.6. The van der Waals surface area contributed by atoms with Crippen LogP contribution in [0.25, 0.3) is 45.1 Å². The number of nitrogens with one attached hydrogen (secondary N) is 1. The van der Waals surface area contributed by atoms with E-state index in [4.69, 9.17) is 0 Å². The second-order valence-corrected chi connectivity index (χ2v) is 7.35. The van der Waals surface area contributed by atoms with Crippen LogP contribution in [0.4, 0.5) is 0 Å². The molecule has 1 N–H and O–H groups in total. The van der Waals surface area contributed by atoms with Crippen LogP contribution in [-0.2, 0) is 0 Å². The van der Waals surface area contributed by atoms with Gasteiger partial charge in [0.25, 0.3) is 0 Å². The zero-order valence-electron chi connectivity index (χ0n) is 14.6. The molecule has 1 aliphatic heterocycles. The van der Waals surface area contributed by atoms with E-state index in [1.165, 1.54) is 55.0 Å². The fraction of sp³-hybridized carbons (Fsp3) is 0.0833. The average molecular weight is 330 g/mol. The number of hydrogen-bond acceptors (Lipinski definition) is 0. The fourth-order valence-corrected chi connectivity index (χ4v) is 4.51. The van der Waals surface area contributed by atoms with Gasteiger partial charge in [0.2, 0.25) is 0 Å². The van der Waals surface area contributed by atoms with Gasteiger partial charge >= 0.3 is 0 Å². The minimum Gasteiger partial charge on any atom is -0.354 e. The first-order valence-corrected chi connectivity index (χ1v) is 9.22. The zero-order chi connectivity index (χ0) is 17.3. The average Bonchev–Trinajstić information content (AvgIpc) is 3.17. The molecule has 2 aliphatic rings. The number of aromatic nitrogens is 1. The molecule has 0 saturated heterocycles. The van der Waals surface area contributed by atoms with Crippen molar-refractivity contribution < 1.29 is 0 Å². The Morgan fingerprint density at radius 3 is 2.58 bits per heavy atom. The predicted octanol–water partition coefficient (Wildman–Crippen LogP) is 4.63. The van der Waals surface area contributed by atoms with E-state index in [-0.39, 0.29) is 0 Å². The molecule has 2 heteroatoms. The quantitative estimate of drug-likeness (QED) is 0.398. The van der Waals surface area contributed by atoms with Crippen molar-refractivity contribution in [1.82, 2.24) is 4.98 Å². The molecule has 4 aromatic rings. The Morgan fingerprint density at radius 2 is 1.65 bits per heavy atom. The Morgan fingerprint density at radius 1 is 0.885 bits per heavy atom. The van der Waals surface area contributed by atoms with E-state index >= 15 is 0 Å². The van der Waals surface area contributed by atoms with Crippen molar-refractivity contribution in [3.05, 3.63) is 71.8 Å². The van der Waals surface area contributed by atoms with Gasteiger partial charge in [0, 0.05) is 21.9 Å². The minimum absolute atomic E-state index is 0.446. The monoisotopic (exact) mass is 330 g/mol. The Labute approximate surface area is 153 Å². The Bertz CT molecular complexity index is 1270. The number of benzene rings is 3. The first kappa shape index (κ1) is 14.2. The van der Waals surface area contributed by atoms with Crippen LogP contribution >= 0.6 is 0 Å². The molecule has 0 amide bonds. The predicted molar refractivity (Wildman–Crippen MR) is 113 cm³/mol. The lowest BCUT2D eigenvalue weighted by molar-refractivity contribution is 0.954. The van der Waals surface area contributed by atoms with Crippen LogP contribution in [0.2, 0.25) is 0 Å². The van der Waals surface area contributed by atoms with Gasteiger partial charge in [0.1, 0.15) is 0 Å². The Kier molecular flexibility index (Phi) is 2.74. The van der Waals surface area contributed by atoms with E-state index in [9.17, 15) is 0 Å². The number of para-hydroxylation sites is 1.